The summed E-state index contributed by atoms with van der Waals surface area (Å²) in [7, 11) is 0. The zero-order valence-corrected chi connectivity index (χ0v) is 12.3. The molecule has 1 heterocycles. The van der Waals surface area contributed by atoms with Gasteiger partial charge in [0.2, 0.25) is 5.78 Å². The second kappa shape index (κ2) is 5.44. The van der Waals surface area contributed by atoms with Gasteiger partial charge in [0.25, 0.3) is 0 Å². The monoisotopic (exact) mass is 353 g/mol. The first-order chi connectivity index (χ1) is 10.1. The molecule has 3 rings (SSSR count). The molecule has 0 saturated carbocycles. The Morgan fingerprint density at radius 3 is 2.81 bits per heavy atom. The fraction of sp³-hybridized carbons (Fsp3) is 0.133. The average Bonchev–Trinajstić information content (AvgIpc) is 2.51. The molecule has 1 atom stereocenters. The number of halogens is 3. The number of fused-ring (bicyclic) bond motifs is 1. The van der Waals surface area contributed by atoms with E-state index in [9.17, 15) is 13.6 Å². The van der Waals surface area contributed by atoms with Gasteiger partial charge < -0.3 is 10.1 Å². The number of nitrogens with one attached hydrogen (secondary N) is 1. The first kappa shape index (κ1) is 14.0. The van der Waals surface area contributed by atoms with Crippen LogP contribution in [-0.2, 0) is 0 Å². The van der Waals surface area contributed by atoms with Crippen molar-refractivity contribution in [2.45, 2.75) is 6.10 Å². The number of hydrogen-bond acceptors (Lipinski definition) is 3. The molecule has 2 aromatic rings. The first-order valence-corrected chi connectivity index (χ1v) is 7.04. The Morgan fingerprint density at radius 2 is 2.00 bits per heavy atom. The van der Waals surface area contributed by atoms with E-state index in [1.165, 1.54) is 6.07 Å². The van der Waals surface area contributed by atoms with E-state index in [1.807, 2.05) is 6.07 Å². The van der Waals surface area contributed by atoms with Gasteiger partial charge in [-0.3, -0.25) is 4.79 Å². The lowest BCUT2D eigenvalue weighted by Crippen LogP contribution is -2.38. The quantitative estimate of drug-likeness (QED) is 0.659. The summed E-state index contributed by atoms with van der Waals surface area (Å²) in [6.07, 6.45) is -0.974. The van der Waals surface area contributed by atoms with Crippen LogP contribution in [0.2, 0.25) is 0 Å². The van der Waals surface area contributed by atoms with Gasteiger partial charge in [0.15, 0.2) is 11.9 Å². The molecule has 1 N–H and O–H groups in total. The van der Waals surface area contributed by atoms with E-state index in [-0.39, 0.29) is 11.0 Å². The molecule has 0 amide bonds. The fourth-order valence-corrected chi connectivity index (χ4v) is 2.50. The van der Waals surface area contributed by atoms with Crippen LogP contribution in [0.5, 0.6) is 5.75 Å². The highest BCUT2D eigenvalue weighted by Crippen LogP contribution is 2.30. The summed E-state index contributed by atoms with van der Waals surface area (Å²) in [6, 6.07) is 9.34. The van der Waals surface area contributed by atoms with Crippen LogP contribution in [0.1, 0.15) is 10.4 Å². The van der Waals surface area contributed by atoms with E-state index < -0.39 is 29.1 Å². The second-order valence-electron chi connectivity index (χ2n) is 4.57. The Labute approximate surface area is 128 Å². The number of hydrogen-bond donors (Lipinski definition) is 1. The van der Waals surface area contributed by atoms with Crippen molar-refractivity contribution in [3.8, 4) is 5.75 Å². The molecule has 0 bridgehead atoms. The average molecular weight is 354 g/mol. The summed E-state index contributed by atoms with van der Waals surface area (Å²) in [5, 5.41) is 3.01. The number of para-hydroxylation sites is 2. The maximum absolute atomic E-state index is 14.0. The van der Waals surface area contributed by atoms with Gasteiger partial charge >= 0.3 is 0 Å². The lowest BCUT2D eigenvalue weighted by atomic mass is 10.0. The van der Waals surface area contributed by atoms with Crippen LogP contribution in [0.4, 0.5) is 14.5 Å². The molecule has 108 valence electrons. The predicted octanol–water partition coefficient (Wildman–Crippen LogP) is 3.78. The van der Waals surface area contributed by atoms with Crippen LogP contribution >= 0.6 is 15.9 Å². The molecule has 1 aliphatic heterocycles. The molecule has 0 radical (unpaired) electrons. The molecule has 0 aromatic heterocycles. The Kier molecular flexibility index (Phi) is 3.63. The van der Waals surface area contributed by atoms with Crippen LogP contribution in [0.25, 0.3) is 0 Å². The molecule has 0 spiro atoms. The normalized spacial score (nSPS) is 16.6. The van der Waals surface area contributed by atoms with E-state index >= 15 is 0 Å². The minimum absolute atomic E-state index is 0.0384. The zero-order valence-electron chi connectivity index (χ0n) is 10.7. The highest BCUT2D eigenvalue weighted by Gasteiger charge is 2.31. The molecular formula is C15H10BrF2NO2. The number of anilines is 1. The Hall–Kier alpha value is -1.95. The van der Waals surface area contributed by atoms with Gasteiger partial charge in [-0.25, -0.2) is 8.78 Å². The van der Waals surface area contributed by atoms with Crippen LogP contribution < -0.4 is 10.1 Å². The van der Waals surface area contributed by atoms with Gasteiger partial charge in [0.05, 0.1) is 22.3 Å². The van der Waals surface area contributed by atoms with Crippen molar-refractivity contribution >= 4 is 27.4 Å². The molecule has 6 heteroatoms. The Bertz CT molecular complexity index is 721. The lowest BCUT2D eigenvalue weighted by Gasteiger charge is -2.26. The summed E-state index contributed by atoms with van der Waals surface area (Å²) >= 11 is 2.95. The summed E-state index contributed by atoms with van der Waals surface area (Å²) < 4.78 is 33.3. The van der Waals surface area contributed by atoms with Crippen LogP contribution in [-0.4, -0.2) is 18.4 Å². The molecule has 0 aliphatic carbocycles. The third-order valence-electron chi connectivity index (χ3n) is 3.22. The molecule has 2 aromatic carbocycles. The highest BCUT2D eigenvalue weighted by molar-refractivity contribution is 9.10. The highest BCUT2D eigenvalue weighted by atomic mass is 79.9. The van der Waals surface area contributed by atoms with Gasteiger partial charge in [-0.15, -0.1) is 0 Å². The zero-order chi connectivity index (χ0) is 15.0. The van der Waals surface area contributed by atoms with Crippen molar-refractivity contribution in [2.24, 2.45) is 0 Å². The largest absolute Gasteiger partial charge is 0.478 e. The Balaban J connectivity index is 1.93. The molecule has 1 aliphatic rings. The topological polar surface area (TPSA) is 38.3 Å². The number of benzene rings is 2. The molecular weight excluding hydrogens is 344 g/mol. The van der Waals surface area contributed by atoms with E-state index in [4.69, 9.17) is 4.74 Å². The van der Waals surface area contributed by atoms with E-state index in [2.05, 4.69) is 21.2 Å². The number of carbonyl (C=O) groups excluding carboxylic acids is 1. The number of rotatable bonds is 2. The molecule has 0 saturated heterocycles. The molecule has 21 heavy (non-hydrogen) atoms. The van der Waals surface area contributed by atoms with Gasteiger partial charge in [0.1, 0.15) is 11.6 Å². The fourth-order valence-electron chi connectivity index (χ4n) is 2.17. The minimum Gasteiger partial charge on any atom is -0.478 e. The Morgan fingerprint density at radius 1 is 1.24 bits per heavy atom. The number of carbonyl (C=O) groups is 1. The summed E-state index contributed by atoms with van der Waals surface area (Å²) in [5.41, 5.74) is 0.160. The molecule has 0 fully saturated rings. The maximum atomic E-state index is 14.0. The van der Waals surface area contributed by atoms with Crippen LogP contribution in [0, 0.1) is 11.6 Å². The van der Waals surface area contributed by atoms with E-state index in [0.717, 1.165) is 11.8 Å². The first-order valence-electron chi connectivity index (χ1n) is 6.25. The lowest BCUT2D eigenvalue weighted by molar-refractivity contribution is 0.0792. The van der Waals surface area contributed by atoms with E-state index in [0.29, 0.717) is 5.75 Å². The van der Waals surface area contributed by atoms with Gasteiger partial charge in [-0.2, -0.15) is 0 Å². The SMILES string of the molecule is O=C(c1c(F)ccc(Br)c1F)C1CNc2ccccc2O1. The number of Topliss-reactive ketones (excluding diaryl/α,β-unsaturated/α-hetero) is 1. The summed E-state index contributed by atoms with van der Waals surface area (Å²) in [4.78, 5) is 12.3. The van der Waals surface area contributed by atoms with Crippen molar-refractivity contribution in [2.75, 3.05) is 11.9 Å². The number of ether oxygens (including phenoxy) is 1. The van der Waals surface area contributed by atoms with Crippen molar-refractivity contribution < 1.29 is 18.3 Å². The predicted molar refractivity (Wildman–Crippen MR) is 77.7 cm³/mol. The van der Waals surface area contributed by atoms with Crippen molar-refractivity contribution in [3.05, 3.63) is 58.1 Å². The summed E-state index contributed by atoms with van der Waals surface area (Å²) in [6.45, 7) is 0.154. The van der Waals surface area contributed by atoms with E-state index in [1.54, 1.807) is 18.2 Å². The van der Waals surface area contributed by atoms with Crippen LogP contribution in [0.15, 0.2) is 40.9 Å². The van der Waals surface area contributed by atoms with Crippen LogP contribution in [0.3, 0.4) is 0 Å². The minimum atomic E-state index is -0.974. The second-order valence-corrected chi connectivity index (χ2v) is 5.42. The third-order valence-corrected chi connectivity index (χ3v) is 3.83. The van der Waals surface area contributed by atoms with Crippen molar-refractivity contribution in [1.82, 2.24) is 0 Å². The summed E-state index contributed by atoms with van der Waals surface area (Å²) in [5.74, 6) is -2.06. The molecule has 1 unspecified atom stereocenters. The third kappa shape index (κ3) is 2.51. The molecule has 3 nitrogen and oxygen atoms in total. The number of ketones is 1. The standard InChI is InChI=1S/C15H10BrF2NO2/c16-8-5-6-9(17)13(14(8)18)15(20)12-7-19-10-3-1-2-4-11(10)21-12/h1-6,12,19H,7H2. The van der Waals surface area contributed by atoms with Crippen molar-refractivity contribution in [1.29, 1.82) is 0 Å². The maximum Gasteiger partial charge on any atom is 0.211 e. The van der Waals surface area contributed by atoms with Gasteiger partial charge in [-0.05, 0) is 40.2 Å². The van der Waals surface area contributed by atoms with Gasteiger partial charge in [0, 0.05) is 0 Å². The van der Waals surface area contributed by atoms with Gasteiger partial charge in [-0.1, -0.05) is 12.1 Å². The smallest absolute Gasteiger partial charge is 0.211 e. The van der Waals surface area contributed by atoms with Crippen molar-refractivity contribution in [3.63, 3.8) is 0 Å².